The summed E-state index contributed by atoms with van der Waals surface area (Å²) in [5.41, 5.74) is 5.57. The third-order valence-electron chi connectivity index (χ3n) is 2.31. The lowest BCUT2D eigenvalue weighted by Gasteiger charge is -2.06. The van der Waals surface area contributed by atoms with Crippen LogP contribution in [-0.4, -0.2) is 7.41 Å². The highest BCUT2D eigenvalue weighted by molar-refractivity contribution is 6.33. The van der Waals surface area contributed by atoms with Gasteiger partial charge in [0.15, 0.2) is 0 Å². The van der Waals surface area contributed by atoms with Crippen molar-refractivity contribution in [1.82, 2.24) is 0 Å². The van der Waals surface area contributed by atoms with Gasteiger partial charge in [-0.1, -0.05) is 44.3 Å². The normalized spacial score (nSPS) is 23.2. The van der Waals surface area contributed by atoms with Crippen molar-refractivity contribution in [2.24, 2.45) is 5.64 Å². The van der Waals surface area contributed by atoms with Crippen molar-refractivity contribution in [2.45, 2.75) is 44.3 Å². The van der Waals surface area contributed by atoms with Gasteiger partial charge < -0.3 is 5.64 Å². The van der Waals surface area contributed by atoms with E-state index in [9.17, 15) is 0 Å². The maximum Gasteiger partial charge on any atom is 0.201 e. The number of nitrogens with two attached hydrogens (primary N) is 1. The molecule has 0 aromatic rings. The lowest BCUT2D eigenvalue weighted by Crippen LogP contribution is -2.12. The van der Waals surface area contributed by atoms with Crippen molar-refractivity contribution in [3.63, 3.8) is 0 Å². The Hall–Kier alpha value is 0.0249. The Morgan fingerprint density at radius 3 is 2.00 bits per heavy atom. The molecule has 0 aliphatic heterocycles. The van der Waals surface area contributed by atoms with E-state index >= 15 is 0 Å². The average molecular weight is 125 g/mol. The van der Waals surface area contributed by atoms with Gasteiger partial charge in [-0.15, -0.1) is 0 Å². The van der Waals surface area contributed by atoms with Crippen LogP contribution < -0.4 is 5.64 Å². The van der Waals surface area contributed by atoms with Gasteiger partial charge in [0.1, 0.15) is 0 Å². The highest BCUT2D eigenvalue weighted by atomic mass is 14.4. The molecule has 1 aliphatic rings. The summed E-state index contributed by atoms with van der Waals surface area (Å²) in [5, 5.41) is 0. The zero-order valence-corrected chi connectivity index (χ0v) is 6.10. The minimum absolute atomic E-state index is 0.854. The van der Waals surface area contributed by atoms with Gasteiger partial charge in [0.25, 0.3) is 0 Å². The Morgan fingerprint density at radius 1 is 1.00 bits per heavy atom. The summed E-state index contributed by atoms with van der Waals surface area (Å²) < 4.78 is 0. The second-order valence-corrected chi connectivity index (χ2v) is 3.09. The van der Waals surface area contributed by atoms with Crippen molar-refractivity contribution in [3.8, 4) is 0 Å². The summed E-state index contributed by atoms with van der Waals surface area (Å²) in [5.74, 6) is 0.854. The molecule has 0 atom stereocenters. The summed E-state index contributed by atoms with van der Waals surface area (Å²) in [7, 11) is 0.917. The lowest BCUT2D eigenvalue weighted by atomic mass is 9.72. The van der Waals surface area contributed by atoms with Gasteiger partial charge in [-0.05, 0) is 0 Å². The Bertz CT molecular complexity index is 67.3. The minimum Gasteiger partial charge on any atom is -0.373 e. The predicted molar refractivity (Wildman–Crippen MR) is 42.8 cm³/mol. The van der Waals surface area contributed by atoms with E-state index in [1.165, 1.54) is 38.5 Å². The Morgan fingerprint density at radius 2 is 1.56 bits per heavy atom. The summed E-state index contributed by atoms with van der Waals surface area (Å²) in [4.78, 5) is 0. The first kappa shape index (κ1) is 7.14. The van der Waals surface area contributed by atoms with Crippen molar-refractivity contribution >= 4 is 7.41 Å². The summed E-state index contributed by atoms with van der Waals surface area (Å²) in [6, 6.07) is 0. The molecule has 0 heterocycles. The van der Waals surface area contributed by atoms with E-state index in [-0.39, 0.29) is 0 Å². The topological polar surface area (TPSA) is 26.0 Å². The van der Waals surface area contributed by atoms with Crippen molar-refractivity contribution in [3.05, 3.63) is 0 Å². The van der Waals surface area contributed by atoms with Gasteiger partial charge in [-0.3, -0.25) is 0 Å². The molecular formula is C7H16BN. The zero-order valence-electron chi connectivity index (χ0n) is 6.10. The summed E-state index contributed by atoms with van der Waals surface area (Å²) in [6.45, 7) is 0. The molecule has 9 heavy (non-hydrogen) atoms. The van der Waals surface area contributed by atoms with Gasteiger partial charge in [0.2, 0.25) is 7.41 Å². The molecule has 0 unspecified atom stereocenters. The van der Waals surface area contributed by atoms with E-state index < -0.39 is 0 Å². The molecule has 2 N–H and O–H groups in total. The average Bonchev–Trinajstić information content (AvgIpc) is 2.13. The first-order valence-corrected chi connectivity index (χ1v) is 4.13. The van der Waals surface area contributed by atoms with Crippen molar-refractivity contribution < 1.29 is 0 Å². The molecule has 0 saturated heterocycles. The standard InChI is InChI=1S/C7H16BN/c9-8-7-5-3-1-2-4-6-7/h7-8H,1-6,9H2. The number of rotatable bonds is 1. The van der Waals surface area contributed by atoms with Crippen LogP contribution in [0.4, 0.5) is 0 Å². The van der Waals surface area contributed by atoms with Gasteiger partial charge in [-0.25, -0.2) is 0 Å². The molecule has 0 aromatic carbocycles. The van der Waals surface area contributed by atoms with Crippen LogP contribution in [0.25, 0.3) is 0 Å². The molecule has 2 heteroatoms. The number of hydrogen-bond donors (Lipinski definition) is 1. The van der Waals surface area contributed by atoms with Crippen LogP contribution in [0, 0.1) is 0 Å². The van der Waals surface area contributed by atoms with E-state index in [0.717, 1.165) is 13.2 Å². The Kier molecular flexibility index (Phi) is 3.12. The van der Waals surface area contributed by atoms with Crippen LogP contribution in [-0.2, 0) is 0 Å². The third kappa shape index (κ3) is 2.40. The molecule has 0 bridgehead atoms. The van der Waals surface area contributed by atoms with E-state index in [2.05, 4.69) is 0 Å². The Balaban J connectivity index is 2.18. The fourth-order valence-electron chi connectivity index (χ4n) is 1.60. The molecule has 0 radical (unpaired) electrons. The zero-order chi connectivity index (χ0) is 6.53. The van der Waals surface area contributed by atoms with Gasteiger partial charge >= 0.3 is 0 Å². The van der Waals surface area contributed by atoms with E-state index in [1.54, 1.807) is 0 Å². The fraction of sp³-hybridized carbons (Fsp3) is 1.00. The summed E-state index contributed by atoms with van der Waals surface area (Å²) >= 11 is 0. The molecule has 1 nitrogen and oxygen atoms in total. The molecule has 1 saturated carbocycles. The minimum atomic E-state index is 0.854. The van der Waals surface area contributed by atoms with E-state index in [0.29, 0.717) is 0 Å². The van der Waals surface area contributed by atoms with E-state index in [1.807, 2.05) is 0 Å². The molecule has 0 spiro atoms. The second kappa shape index (κ2) is 3.94. The van der Waals surface area contributed by atoms with Crippen LogP contribution in [0.2, 0.25) is 5.82 Å². The van der Waals surface area contributed by atoms with Gasteiger partial charge in [0, 0.05) is 0 Å². The van der Waals surface area contributed by atoms with E-state index in [4.69, 9.17) is 5.64 Å². The smallest absolute Gasteiger partial charge is 0.201 e. The van der Waals surface area contributed by atoms with Crippen molar-refractivity contribution in [2.75, 3.05) is 0 Å². The second-order valence-electron chi connectivity index (χ2n) is 3.09. The SMILES string of the molecule is NBC1CCCCCC1. The van der Waals surface area contributed by atoms with Crippen LogP contribution in [0.3, 0.4) is 0 Å². The first-order chi connectivity index (χ1) is 4.43. The highest BCUT2D eigenvalue weighted by Gasteiger charge is 2.10. The van der Waals surface area contributed by atoms with Crippen molar-refractivity contribution in [1.29, 1.82) is 0 Å². The monoisotopic (exact) mass is 125 g/mol. The molecule has 0 amide bonds. The quantitative estimate of drug-likeness (QED) is 0.416. The van der Waals surface area contributed by atoms with Crippen LogP contribution in [0.1, 0.15) is 38.5 Å². The molecule has 1 fully saturated rings. The predicted octanol–water partition coefficient (Wildman–Crippen LogP) is 1.44. The van der Waals surface area contributed by atoms with Crippen LogP contribution >= 0.6 is 0 Å². The lowest BCUT2D eigenvalue weighted by molar-refractivity contribution is 0.692. The molecule has 1 aliphatic carbocycles. The Labute approximate surface area is 58.3 Å². The maximum atomic E-state index is 5.57. The third-order valence-corrected chi connectivity index (χ3v) is 2.31. The molecule has 1 rings (SSSR count). The molecule has 52 valence electrons. The largest absolute Gasteiger partial charge is 0.373 e. The highest BCUT2D eigenvalue weighted by Crippen LogP contribution is 2.25. The summed E-state index contributed by atoms with van der Waals surface area (Å²) in [6.07, 6.45) is 8.49. The number of hydrogen-bond acceptors (Lipinski definition) is 1. The first-order valence-electron chi connectivity index (χ1n) is 4.13. The van der Waals surface area contributed by atoms with Crippen LogP contribution in [0.15, 0.2) is 0 Å². The van der Waals surface area contributed by atoms with Gasteiger partial charge in [-0.2, -0.15) is 0 Å². The molecular weight excluding hydrogens is 109 g/mol. The van der Waals surface area contributed by atoms with Gasteiger partial charge in [0.05, 0.1) is 0 Å². The molecule has 0 aromatic heterocycles. The maximum absolute atomic E-state index is 5.57. The fourth-order valence-corrected chi connectivity index (χ4v) is 1.60. The van der Waals surface area contributed by atoms with Crippen LogP contribution in [0.5, 0.6) is 0 Å².